The smallest absolute Gasteiger partial charge is 0.331 e. The van der Waals surface area contributed by atoms with Crippen LogP contribution < -0.4 is 0 Å². The number of hydrogen-bond donors (Lipinski definition) is 4. The Kier molecular flexibility index (Phi) is 6.74. The Morgan fingerprint density at radius 1 is 1.14 bits per heavy atom. The number of hydrogen-bond acceptors (Lipinski definition) is 6. The summed E-state index contributed by atoms with van der Waals surface area (Å²) >= 11 is 0. The van der Waals surface area contributed by atoms with Crippen LogP contribution in [0.1, 0.15) is 87.0 Å². The molecule has 7 nitrogen and oxygen atoms in total. The van der Waals surface area contributed by atoms with Crippen molar-refractivity contribution in [2.45, 2.75) is 105 Å². The van der Waals surface area contributed by atoms with E-state index in [4.69, 9.17) is 5.11 Å². The third-order valence-corrected chi connectivity index (χ3v) is 11.4. The molecule has 2 fully saturated rings. The number of fused-ring (bicyclic) bond motifs is 4. The number of carboxylic acids is 1. The van der Waals surface area contributed by atoms with Gasteiger partial charge in [-0.15, -0.1) is 0 Å². The molecule has 0 heterocycles. The Morgan fingerprint density at radius 2 is 1.76 bits per heavy atom. The molecular weight excluding hydrogens is 472 g/mol. The summed E-state index contributed by atoms with van der Waals surface area (Å²) in [5, 5.41) is 42.1. The standard InChI is InChI=1S/C30H44O7/c1-15(10-17(31)11-16(2)26(36)37)18-12-23(35)30(7)25-19(32)13-21-27(3,4)22(34)8-9-28(21,5)24(25)20(33)14-29(18,30)6/h11,15,17-19,21-22,31-32,34H,8-10,12-14H2,1-7H3,(H,36,37)/b16-11+/t15-,17+,18-,19+,21-,22+,28+,29-,30+/m1/s1. The molecule has 37 heavy (non-hydrogen) atoms. The molecule has 7 heteroatoms. The number of carbonyl (C=O) groups is 3. The lowest BCUT2D eigenvalue weighted by molar-refractivity contribution is -0.142. The fraction of sp³-hybridized carbons (Fsp3) is 0.767. The molecule has 0 aromatic rings. The normalized spacial score (nSPS) is 43.1. The molecule has 0 aliphatic heterocycles. The highest BCUT2D eigenvalue weighted by molar-refractivity contribution is 6.05. The van der Waals surface area contributed by atoms with E-state index < -0.39 is 45.9 Å². The van der Waals surface area contributed by atoms with Crippen LogP contribution in [0.2, 0.25) is 0 Å². The van der Waals surface area contributed by atoms with Crippen LogP contribution in [0, 0.1) is 39.4 Å². The minimum atomic E-state index is -1.09. The number of allylic oxidation sites excluding steroid dienone is 1. The SMILES string of the molecule is C/C(=C\[C@@H](O)C[C@@H](C)[C@H]1CC(=O)[C@@]2(C)C3=C(C(=O)C[C@]12C)[C@@]1(C)CC[C@H](O)C(C)(C)[C@H]1C[C@@H]3O)C(=O)O. The molecule has 4 aliphatic carbocycles. The van der Waals surface area contributed by atoms with E-state index in [1.807, 2.05) is 34.6 Å². The topological polar surface area (TPSA) is 132 Å². The zero-order chi connectivity index (χ0) is 27.9. The van der Waals surface area contributed by atoms with Crippen LogP contribution in [-0.2, 0) is 14.4 Å². The molecule has 4 rings (SSSR count). The molecule has 0 aromatic carbocycles. The largest absolute Gasteiger partial charge is 0.478 e. The van der Waals surface area contributed by atoms with Crippen LogP contribution >= 0.6 is 0 Å². The lowest BCUT2D eigenvalue weighted by atomic mass is 9.42. The molecular formula is C30H44O7. The number of aliphatic carboxylic acids is 1. The van der Waals surface area contributed by atoms with Gasteiger partial charge in [0.1, 0.15) is 5.78 Å². The second-order valence-corrected chi connectivity index (χ2v) is 13.7. The number of carboxylic acid groups (broad SMARTS) is 1. The Labute approximate surface area is 220 Å². The van der Waals surface area contributed by atoms with Gasteiger partial charge in [-0.1, -0.05) is 34.6 Å². The first-order chi connectivity index (χ1) is 16.9. The second kappa shape index (κ2) is 8.85. The first-order valence-corrected chi connectivity index (χ1v) is 13.7. The van der Waals surface area contributed by atoms with Gasteiger partial charge in [0, 0.05) is 24.0 Å². The zero-order valence-corrected chi connectivity index (χ0v) is 23.3. The van der Waals surface area contributed by atoms with Crippen molar-refractivity contribution in [3.05, 3.63) is 22.8 Å². The highest BCUT2D eigenvalue weighted by atomic mass is 16.4. The quantitative estimate of drug-likeness (QED) is 0.408. The van der Waals surface area contributed by atoms with Gasteiger partial charge in [0.2, 0.25) is 0 Å². The molecule has 0 radical (unpaired) electrons. The van der Waals surface area contributed by atoms with E-state index in [-0.39, 0.29) is 54.2 Å². The van der Waals surface area contributed by atoms with Crippen molar-refractivity contribution >= 4 is 17.5 Å². The summed E-state index contributed by atoms with van der Waals surface area (Å²) < 4.78 is 0. The van der Waals surface area contributed by atoms with Crippen molar-refractivity contribution in [2.75, 3.05) is 0 Å². The Bertz CT molecular complexity index is 1090. The number of Topliss-reactive ketones (excluding diaryl/α,β-unsaturated/α-hetero) is 2. The maximum Gasteiger partial charge on any atom is 0.331 e. The molecule has 0 bridgehead atoms. The summed E-state index contributed by atoms with van der Waals surface area (Å²) in [6.45, 7) is 13.4. The van der Waals surface area contributed by atoms with Gasteiger partial charge in [-0.25, -0.2) is 4.79 Å². The third-order valence-electron chi connectivity index (χ3n) is 11.4. The molecule has 9 atom stereocenters. The molecule has 0 spiro atoms. The number of aliphatic hydroxyl groups excluding tert-OH is 3. The summed E-state index contributed by atoms with van der Waals surface area (Å²) in [6, 6.07) is 0. The van der Waals surface area contributed by atoms with E-state index in [1.165, 1.54) is 13.0 Å². The third kappa shape index (κ3) is 3.82. The van der Waals surface area contributed by atoms with Crippen molar-refractivity contribution in [1.82, 2.24) is 0 Å². The van der Waals surface area contributed by atoms with Crippen molar-refractivity contribution in [3.63, 3.8) is 0 Å². The van der Waals surface area contributed by atoms with Crippen LogP contribution in [0.25, 0.3) is 0 Å². The lowest BCUT2D eigenvalue weighted by Gasteiger charge is -2.61. The zero-order valence-electron chi connectivity index (χ0n) is 23.3. The Hall–Kier alpha value is -1.83. The number of ketones is 2. The summed E-state index contributed by atoms with van der Waals surface area (Å²) in [5.74, 6) is -1.50. The predicted molar refractivity (Wildman–Crippen MR) is 138 cm³/mol. The number of rotatable bonds is 5. The van der Waals surface area contributed by atoms with Crippen molar-refractivity contribution < 1.29 is 34.8 Å². The molecule has 0 saturated heterocycles. The van der Waals surface area contributed by atoms with Crippen molar-refractivity contribution in [3.8, 4) is 0 Å². The van der Waals surface area contributed by atoms with E-state index >= 15 is 0 Å². The Balaban J connectivity index is 1.77. The second-order valence-electron chi connectivity index (χ2n) is 13.7. The van der Waals surface area contributed by atoms with Crippen LogP contribution in [0.4, 0.5) is 0 Å². The fourth-order valence-corrected chi connectivity index (χ4v) is 9.07. The summed E-state index contributed by atoms with van der Waals surface area (Å²) in [4.78, 5) is 39.2. The molecule has 206 valence electrons. The van der Waals surface area contributed by atoms with Crippen LogP contribution in [0.15, 0.2) is 22.8 Å². The van der Waals surface area contributed by atoms with Crippen LogP contribution in [0.5, 0.6) is 0 Å². The van der Waals surface area contributed by atoms with Crippen LogP contribution in [-0.4, -0.2) is 56.3 Å². The minimum Gasteiger partial charge on any atom is -0.478 e. The summed E-state index contributed by atoms with van der Waals surface area (Å²) in [6.07, 6.45) is 1.26. The molecule has 2 saturated carbocycles. The van der Waals surface area contributed by atoms with Gasteiger partial charge in [-0.05, 0) is 85.2 Å². The molecule has 0 aromatic heterocycles. The van der Waals surface area contributed by atoms with Gasteiger partial charge < -0.3 is 20.4 Å². The molecule has 4 aliphatic rings. The molecule has 4 N–H and O–H groups in total. The van der Waals surface area contributed by atoms with Gasteiger partial charge in [-0.2, -0.15) is 0 Å². The first-order valence-electron chi connectivity index (χ1n) is 13.7. The van der Waals surface area contributed by atoms with Gasteiger partial charge in [0.25, 0.3) is 0 Å². The van der Waals surface area contributed by atoms with Crippen molar-refractivity contribution in [1.29, 1.82) is 0 Å². The first kappa shape index (κ1) is 28.2. The highest BCUT2D eigenvalue weighted by Gasteiger charge is 2.70. The van der Waals surface area contributed by atoms with Gasteiger partial charge in [-0.3, -0.25) is 9.59 Å². The average molecular weight is 517 g/mol. The van der Waals surface area contributed by atoms with E-state index in [2.05, 4.69) is 6.92 Å². The lowest BCUT2D eigenvalue weighted by Crippen LogP contribution is -2.60. The maximum atomic E-state index is 14.1. The minimum absolute atomic E-state index is 0.0116. The number of carbonyl (C=O) groups excluding carboxylic acids is 2. The Morgan fingerprint density at radius 3 is 2.35 bits per heavy atom. The summed E-state index contributed by atoms with van der Waals surface area (Å²) in [5.41, 5.74) is -1.42. The molecule has 0 amide bonds. The van der Waals surface area contributed by atoms with Crippen LogP contribution in [0.3, 0.4) is 0 Å². The molecule has 0 unspecified atom stereocenters. The predicted octanol–water partition coefficient (Wildman–Crippen LogP) is 3.84. The number of aliphatic hydroxyl groups is 3. The van der Waals surface area contributed by atoms with Gasteiger partial charge >= 0.3 is 5.97 Å². The van der Waals surface area contributed by atoms with Crippen molar-refractivity contribution in [2.24, 2.45) is 39.4 Å². The van der Waals surface area contributed by atoms with E-state index in [9.17, 15) is 29.7 Å². The van der Waals surface area contributed by atoms with E-state index in [0.717, 1.165) is 0 Å². The van der Waals surface area contributed by atoms with E-state index in [1.54, 1.807) is 0 Å². The monoisotopic (exact) mass is 516 g/mol. The fourth-order valence-electron chi connectivity index (χ4n) is 9.07. The average Bonchev–Trinajstić information content (AvgIpc) is 2.99. The maximum absolute atomic E-state index is 14.1. The van der Waals surface area contributed by atoms with Gasteiger partial charge in [0.05, 0.1) is 23.7 Å². The van der Waals surface area contributed by atoms with E-state index in [0.29, 0.717) is 30.4 Å². The van der Waals surface area contributed by atoms with Gasteiger partial charge in [0.15, 0.2) is 5.78 Å². The highest BCUT2D eigenvalue weighted by Crippen LogP contribution is 2.70. The summed E-state index contributed by atoms with van der Waals surface area (Å²) in [7, 11) is 0.